The number of rotatable bonds is 2. The summed E-state index contributed by atoms with van der Waals surface area (Å²) in [6.07, 6.45) is 0. The maximum absolute atomic E-state index is 5.67. The second-order valence-electron chi connectivity index (χ2n) is 4.25. The van der Waals surface area contributed by atoms with Crippen molar-refractivity contribution < 1.29 is 4.74 Å². The lowest BCUT2D eigenvalue weighted by atomic mass is 10.2. The lowest BCUT2D eigenvalue weighted by Gasteiger charge is -2.30. The molecule has 72 valence electrons. The van der Waals surface area contributed by atoms with Gasteiger partial charge in [-0.1, -0.05) is 0 Å². The van der Waals surface area contributed by atoms with Gasteiger partial charge in [-0.05, 0) is 20.8 Å². The van der Waals surface area contributed by atoms with Crippen LogP contribution >= 0.6 is 0 Å². The Hall–Kier alpha value is -0.120. The molecule has 3 heteroatoms. The van der Waals surface area contributed by atoms with Gasteiger partial charge in [0.05, 0.1) is 12.3 Å². The third kappa shape index (κ3) is 4.04. The summed E-state index contributed by atoms with van der Waals surface area (Å²) in [5.74, 6) is 0. The van der Waals surface area contributed by atoms with Gasteiger partial charge >= 0.3 is 0 Å². The van der Waals surface area contributed by atoms with E-state index in [1.54, 1.807) is 0 Å². The zero-order valence-electron chi connectivity index (χ0n) is 8.39. The Labute approximate surface area is 75.1 Å². The lowest BCUT2D eigenvalue weighted by molar-refractivity contribution is -0.0659. The predicted octanol–water partition coefficient (Wildman–Crippen LogP) is 0.664. The molecule has 0 aromatic rings. The second-order valence-corrected chi connectivity index (χ2v) is 4.25. The number of hydrogen-bond acceptors (Lipinski definition) is 3. The summed E-state index contributed by atoms with van der Waals surface area (Å²) in [5.41, 5.74) is -0.00905. The molecule has 0 aromatic heterocycles. The van der Waals surface area contributed by atoms with Crippen LogP contribution < -0.4 is 5.32 Å². The Kier molecular flexibility index (Phi) is 3.50. The molecule has 3 nitrogen and oxygen atoms in total. The zero-order valence-corrected chi connectivity index (χ0v) is 8.39. The third-order valence-corrected chi connectivity index (χ3v) is 1.89. The molecule has 12 heavy (non-hydrogen) atoms. The second kappa shape index (κ2) is 4.21. The normalized spacial score (nSPS) is 21.2. The van der Waals surface area contributed by atoms with E-state index in [4.69, 9.17) is 4.74 Å². The summed E-state index contributed by atoms with van der Waals surface area (Å²) in [4.78, 5) is 2.34. The van der Waals surface area contributed by atoms with Crippen LogP contribution in [0.2, 0.25) is 0 Å². The van der Waals surface area contributed by atoms with E-state index < -0.39 is 0 Å². The van der Waals surface area contributed by atoms with Gasteiger partial charge in [-0.15, -0.1) is 0 Å². The molecule has 0 bridgehead atoms. The number of nitrogens with zero attached hydrogens (tertiary/aromatic N) is 1. The zero-order chi connectivity index (χ0) is 9.03. The molecule has 0 amide bonds. The molecule has 0 saturated carbocycles. The van der Waals surface area contributed by atoms with Crippen LogP contribution in [0, 0.1) is 0 Å². The lowest BCUT2D eigenvalue weighted by Crippen LogP contribution is -2.45. The highest BCUT2D eigenvalue weighted by Crippen LogP contribution is 2.07. The van der Waals surface area contributed by atoms with Crippen molar-refractivity contribution in [3.63, 3.8) is 0 Å². The van der Waals surface area contributed by atoms with Gasteiger partial charge in [-0.3, -0.25) is 4.90 Å². The fourth-order valence-electron chi connectivity index (χ4n) is 1.13. The molecule has 0 radical (unpaired) electrons. The average Bonchev–Trinajstić information content (AvgIpc) is 2.02. The summed E-state index contributed by atoms with van der Waals surface area (Å²) in [6.45, 7) is 11.4. The SMILES string of the molecule is CC(C)(C)OCN1CCNCC1. The largest absolute Gasteiger partial charge is 0.360 e. The van der Waals surface area contributed by atoms with E-state index in [0.717, 1.165) is 32.9 Å². The molecule has 1 aliphatic heterocycles. The molecule has 0 unspecified atom stereocenters. The summed E-state index contributed by atoms with van der Waals surface area (Å²) >= 11 is 0. The van der Waals surface area contributed by atoms with E-state index in [-0.39, 0.29) is 5.60 Å². The van der Waals surface area contributed by atoms with Gasteiger partial charge in [0.1, 0.15) is 0 Å². The minimum atomic E-state index is -0.00905. The Bertz CT molecular complexity index is 125. The molecule has 1 fully saturated rings. The van der Waals surface area contributed by atoms with Crippen molar-refractivity contribution in [2.45, 2.75) is 26.4 Å². The molecule has 0 spiro atoms. The number of hydrogen-bond donors (Lipinski definition) is 1. The molecular weight excluding hydrogens is 152 g/mol. The maximum atomic E-state index is 5.67. The molecule has 1 saturated heterocycles. The maximum Gasteiger partial charge on any atom is 0.0998 e. The number of piperazine rings is 1. The fraction of sp³-hybridized carbons (Fsp3) is 1.00. The van der Waals surface area contributed by atoms with Crippen LogP contribution in [0.3, 0.4) is 0 Å². The highest BCUT2D eigenvalue weighted by Gasteiger charge is 2.14. The van der Waals surface area contributed by atoms with E-state index in [1.807, 2.05) is 0 Å². The van der Waals surface area contributed by atoms with Crippen molar-refractivity contribution in [1.29, 1.82) is 0 Å². The molecule has 1 aliphatic rings. The Balaban J connectivity index is 2.13. The van der Waals surface area contributed by atoms with Crippen molar-refractivity contribution in [2.24, 2.45) is 0 Å². The first-order valence-electron chi connectivity index (χ1n) is 4.65. The third-order valence-electron chi connectivity index (χ3n) is 1.89. The van der Waals surface area contributed by atoms with E-state index in [2.05, 4.69) is 31.0 Å². The Morgan fingerprint density at radius 3 is 2.33 bits per heavy atom. The minimum Gasteiger partial charge on any atom is -0.360 e. The number of ether oxygens (including phenoxy) is 1. The van der Waals surface area contributed by atoms with Crippen LogP contribution in [0.5, 0.6) is 0 Å². The van der Waals surface area contributed by atoms with Gasteiger partial charge in [0, 0.05) is 26.2 Å². The quantitative estimate of drug-likeness (QED) is 0.662. The molecule has 1 rings (SSSR count). The van der Waals surface area contributed by atoms with Gasteiger partial charge in [0.15, 0.2) is 0 Å². The van der Waals surface area contributed by atoms with Gasteiger partial charge in [0.25, 0.3) is 0 Å². The van der Waals surface area contributed by atoms with E-state index >= 15 is 0 Å². The average molecular weight is 172 g/mol. The number of nitrogens with one attached hydrogen (secondary N) is 1. The summed E-state index contributed by atoms with van der Waals surface area (Å²) < 4.78 is 5.67. The summed E-state index contributed by atoms with van der Waals surface area (Å²) in [6, 6.07) is 0. The van der Waals surface area contributed by atoms with Crippen molar-refractivity contribution in [3.8, 4) is 0 Å². The van der Waals surface area contributed by atoms with Gasteiger partial charge in [-0.25, -0.2) is 0 Å². The standard InChI is InChI=1S/C9H20N2O/c1-9(2,3)12-8-11-6-4-10-5-7-11/h10H,4-8H2,1-3H3. The highest BCUT2D eigenvalue weighted by molar-refractivity contribution is 4.66. The van der Waals surface area contributed by atoms with Crippen LogP contribution in [0.25, 0.3) is 0 Å². The summed E-state index contributed by atoms with van der Waals surface area (Å²) in [7, 11) is 0. The van der Waals surface area contributed by atoms with E-state index in [9.17, 15) is 0 Å². The van der Waals surface area contributed by atoms with Crippen LogP contribution in [-0.2, 0) is 4.74 Å². The van der Waals surface area contributed by atoms with Crippen LogP contribution in [0.1, 0.15) is 20.8 Å². The van der Waals surface area contributed by atoms with Crippen molar-refractivity contribution >= 4 is 0 Å². The van der Waals surface area contributed by atoms with E-state index in [1.165, 1.54) is 0 Å². The molecule has 0 atom stereocenters. The first kappa shape index (κ1) is 9.96. The van der Waals surface area contributed by atoms with Gasteiger partial charge in [-0.2, -0.15) is 0 Å². The van der Waals surface area contributed by atoms with Crippen molar-refractivity contribution in [2.75, 3.05) is 32.9 Å². The van der Waals surface area contributed by atoms with Crippen molar-refractivity contribution in [3.05, 3.63) is 0 Å². The molecular formula is C9H20N2O. The van der Waals surface area contributed by atoms with Gasteiger partial charge < -0.3 is 10.1 Å². The monoisotopic (exact) mass is 172 g/mol. The molecule has 0 aliphatic carbocycles. The van der Waals surface area contributed by atoms with Crippen LogP contribution in [-0.4, -0.2) is 43.4 Å². The van der Waals surface area contributed by atoms with E-state index in [0.29, 0.717) is 0 Å². The topological polar surface area (TPSA) is 24.5 Å². The Morgan fingerprint density at radius 2 is 1.83 bits per heavy atom. The molecule has 1 N–H and O–H groups in total. The summed E-state index contributed by atoms with van der Waals surface area (Å²) in [5, 5.41) is 3.31. The molecule has 0 aromatic carbocycles. The van der Waals surface area contributed by atoms with Crippen molar-refractivity contribution in [1.82, 2.24) is 10.2 Å². The first-order chi connectivity index (χ1) is 5.58. The first-order valence-corrected chi connectivity index (χ1v) is 4.65. The Morgan fingerprint density at radius 1 is 1.25 bits per heavy atom. The van der Waals surface area contributed by atoms with Gasteiger partial charge in [0.2, 0.25) is 0 Å². The minimum absolute atomic E-state index is 0.00905. The van der Waals surface area contributed by atoms with Crippen LogP contribution in [0.4, 0.5) is 0 Å². The van der Waals surface area contributed by atoms with Crippen LogP contribution in [0.15, 0.2) is 0 Å². The predicted molar refractivity (Wildman–Crippen MR) is 50.1 cm³/mol. The fourth-order valence-corrected chi connectivity index (χ4v) is 1.13. The molecule has 1 heterocycles. The smallest absolute Gasteiger partial charge is 0.0998 e. The highest BCUT2D eigenvalue weighted by atomic mass is 16.5.